The van der Waals surface area contributed by atoms with Crippen molar-refractivity contribution in [2.75, 3.05) is 7.11 Å². The molecule has 0 radical (unpaired) electrons. The summed E-state index contributed by atoms with van der Waals surface area (Å²) in [6.07, 6.45) is 4.66. The fourth-order valence-electron chi connectivity index (χ4n) is 0.911. The molecule has 0 atom stereocenters. The Morgan fingerprint density at radius 1 is 1.70 bits per heavy atom. The van der Waals surface area contributed by atoms with Crippen molar-refractivity contribution in [2.45, 2.75) is 20.1 Å². The molecule has 0 aromatic carbocycles. The second-order valence-corrected chi connectivity index (χ2v) is 2.08. The second kappa shape index (κ2) is 3.37. The third-order valence-electron chi connectivity index (χ3n) is 1.39. The van der Waals surface area contributed by atoms with Crippen LogP contribution in [-0.4, -0.2) is 16.7 Å². The van der Waals surface area contributed by atoms with Crippen LogP contribution >= 0.6 is 0 Å². The lowest BCUT2D eigenvalue weighted by molar-refractivity contribution is 0.128. The predicted octanol–water partition coefficient (Wildman–Crippen LogP) is 1.05. The van der Waals surface area contributed by atoms with Crippen LogP contribution in [0, 0.1) is 0 Å². The summed E-state index contributed by atoms with van der Waals surface area (Å²) in [5.41, 5.74) is 0. The van der Waals surface area contributed by atoms with E-state index in [9.17, 15) is 0 Å². The molecule has 0 saturated carbocycles. The summed E-state index contributed by atoms with van der Waals surface area (Å²) in [5.74, 6) is 1.07. The molecule has 0 bridgehead atoms. The van der Waals surface area contributed by atoms with E-state index in [4.69, 9.17) is 4.74 Å². The minimum atomic E-state index is 0.600. The lowest BCUT2D eigenvalue weighted by Gasteiger charge is -2.02. The van der Waals surface area contributed by atoms with Gasteiger partial charge in [0.25, 0.3) is 0 Å². The Balaban J connectivity index is 2.70. The second-order valence-electron chi connectivity index (χ2n) is 2.08. The Hall–Kier alpha value is -0.830. The molecule has 1 rings (SSSR count). The van der Waals surface area contributed by atoms with Gasteiger partial charge in [0, 0.05) is 25.9 Å². The van der Waals surface area contributed by atoms with E-state index in [1.165, 1.54) is 0 Å². The minimum Gasteiger partial charge on any atom is -0.364 e. The molecular formula is C7H12N2O. The predicted molar refractivity (Wildman–Crippen MR) is 38.6 cm³/mol. The van der Waals surface area contributed by atoms with Gasteiger partial charge in [-0.2, -0.15) is 0 Å². The zero-order valence-electron chi connectivity index (χ0n) is 6.37. The first-order valence-electron chi connectivity index (χ1n) is 3.37. The van der Waals surface area contributed by atoms with Gasteiger partial charge in [0.2, 0.25) is 0 Å². The molecule has 0 unspecified atom stereocenters. The highest BCUT2D eigenvalue weighted by Gasteiger charge is 1.96. The Morgan fingerprint density at radius 3 is 3.10 bits per heavy atom. The standard InChI is InChI=1S/C7H12N2O/c1-3-7-8-4-5-9(7)6-10-2/h4-5H,3,6H2,1-2H3. The Kier molecular flexibility index (Phi) is 2.45. The summed E-state index contributed by atoms with van der Waals surface area (Å²) in [5, 5.41) is 0. The number of aryl methyl sites for hydroxylation is 1. The molecule has 0 amide bonds. The van der Waals surface area contributed by atoms with Gasteiger partial charge in [-0.25, -0.2) is 4.98 Å². The number of nitrogens with zero attached hydrogens (tertiary/aromatic N) is 2. The molecule has 3 nitrogen and oxygen atoms in total. The number of aromatic nitrogens is 2. The van der Waals surface area contributed by atoms with Crippen molar-refractivity contribution < 1.29 is 4.74 Å². The number of rotatable bonds is 3. The van der Waals surface area contributed by atoms with Crippen LogP contribution in [-0.2, 0) is 17.9 Å². The molecule has 0 aliphatic rings. The lowest BCUT2D eigenvalue weighted by Crippen LogP contribution is -2.02. The molecule has 0 spiro atoms. The van der Waals surface area contributed by atoms with Crippen molar-refractivity contribution in [2.24, 2.45) is 0 Å². The first-order chi connectivity index (χ1) is 4.88. The molecule has 0 N–H and O–H groups in total. The van der Waals surface area contributed by atoms with Crippen LogP contribution in [0.2, 0.25) is 0 Å². The molecule has 1 aromatic heterocycles. The third kappa shape index (κ3) is 1.36. The molecule has 0 aliphatic carbocycles. The highest BCUT2D eigenvalue weighted by atomic mass is 16.5. The maximum absolute atomic E-state index is 4.95. The summed E-state index contributed by atoms with van der Waals surface area (Å²) in [6.45, 7) is 2.68. The van der Waals surface area contributed by atoms with Crippen molar-refractivity contribution >= 4 is 0 Å². The molecular weight excluding hydrogens is 128 g/mol. The molecule has 0 fully saturated rings. The minimum absolute atomic E-state index is 0.600. The van der Waals surface area contributed by atoms with E-state index >= 15 is 0 Å². The largest absolute Gasteiger partial charge is 0.364 e. The van der Waals surface area contributed by atoms with Gasteiger partial charge in [0.05, 0.1) is 0 Å². The van der Waals surface area contributed by atoms with Gasteiger partial charge in [-0.1, -0.05) is 6.92 Å². The summed E-state index contributed by atoms with van der Waals surface area (Å²) >= 11 is 0. The van der Waals surface area contributed by atoms with Gasteiger partial charge in [-0.15, -0.1) is 0 Å². The van der Waals surface area contributed by atoms with E-state index in [-0.39, 0.29) is 0 Å². The third-order valence-corrected chi connectivity index (χ3v) is 1.39. The fourth-order valence-corrected chi connectivity index (χ4v) is 0.911. The van der Waals surface area contributed by atoms with E-state index < -0.39 is 0 Å². The first kappa shape index (κ1) is 7.28. The zero-order valence-corrected chi connectivity index (χ0v) is 6.37. The molecule has 1 aromatic rings. The van der Waals surface area contributed by atoms with E-state index in [2.05, 4.69) is 11.9 Å². The van der Waals surface area contributed by atoms with E-state index in [1.54, 1.807) is 13.3 Å². The smallest absolute Gasteiger partial charge is 0.123 e. The van der Waals surface area contributed by atoms with Crippen LogP contribution < -0.4 is 0 Å². The van der Waals surface area contributed by atoms with E-state index in [0.29, 0.717) is 6.73 Å². The van der Waals surface area contributed by atoms with Crippen molar-refractivity contribution in [3.8, 4) is 0 Å². The number of hydrogen-bond acceptors (Lipinski definition) is 2. The maximum atomic E-state index is 4.95. The van der Waals surface area contributed by atoms with Gasteiger partial charge >= 0.3 is 0 Å². The first-order valence-corrected chi connectivity index (χ1v) is 3.37. The number of imidazole rings is 1. The SMILES string of the molecule is CCc1nccn1COC. The normalized spacial score (nSPS) is 10.2. The van der Waals surface area contributed by atoms with Crippen LogP contribution in [0.1, 0.15) is 12.7 Å². The molecule has 0 aliphatic heterocycles. The number of methoxy groups -OCH3 is 1. The van der Waals surface area contributed by atoms with Gasteiger partial charge in [-0.05, 0) is 0 Å². The van der Waals surface area contributed by atoms with Crippen LogP contribution in [0.5, 0.6) is 0 Å². The number of hydrogen-bond donors (Lipinski definition) is 0. The average Bonchev–Trinajstić information content (AvgIpc) is 2.36. The van der Waals surface area contributed by atoms with Crippen LogP contribution in [0.4, 0.5) is 0 Å². The Morgan fingerprint density at radius 2 is 2.50 bits per heavy atom. The van der Waals surface area contributed by atoms with Crippen molar-refractivity contribution in [1.29, 1.82) is 0 Å². The van der Waals surface area contributed by atoms with Crippen molar-refractivity contribution in [1.82, 2.24) is 9.55 Å². The Labute approximate surface area is 60.6 Å². The molecule has 56 valence electrons. The van der Waals surface area contributed by atoms with Gasteiger partial charge < -0.3 is 9.30 Å². The van der Waals surface area contributed by atoms with Crippen molar-refractivity contribution in [3.63, 3.8) is 0 Å². The summed E-state index contributed by atoms with van der Waals surface area (Å²) < 4.78 is 6.94. The highest BCUT2D eigenvalue weighted by Crippen LogP contribution is 1.97. The van der Waals surface area contributed by atoms with Gasteiger partial charge in [-0.3, -0.25) is 0 Å². The maximum Gasteiger partial charge on any atom is 0.123 e. The van der Waals surface area contributed by atoms with E-state index in [1.807, 2.05) is 10.8 Å². The van der Waals surface area contributed by atoms with Crippen LogP contribution in [0.15, 0.2) is 12.4 Å². The summed E-state index contributed by atoms with van der Waals surface area (Å²) in [7, 11) is 1.68. The summed E-state index contributed by atoms with van der Waals surface area (Å²) in [6, 6.07) is 0. The molecule has 1 heterocycles. The Bertz CT molecular complexity index is 195. The van der Waals surface area contributed by atoms with Crippen molar-refractivity contribution in [3.05, 3.63) is 18.2 Å². The van der Waals surface area contributed by atoms with E-state index in [0.717, 1.165) is 12.2 Å². The number of ether oxygens (including phenoxy) is 1. The van der Waals surface area contributed by atoms with Gasteiger partial charge in [0.15, 0.2) is 0 Å². The summed E-state index contributed by atoms with van der Waals surface area (Å²) in [4.78, 5) is 4.14. The van der Waals surface area contributed by atoms with Gasteiger partial charge in [0.1, 0.15) is 12.6 Å². The molecule has 0 saturated heterocycles. The molecule has 10 heavy (non-hydrogen) atoms. The lowest BCUT2D eigenvalue weighted by atomic mass is 10.5. The zero-order chi connectivity index (χ0) is 7.40. The fraction of sp³-hybridized carbons (Fsp3) is 0.571. The highest BCUT2D eigenvalue weighted by molar-refractivity contribution is 4.90. The monoisotopic (exact) mass is 140 g/mol. The molecule has 3 heteroatoms. The quantitative estimate of drug-likeness (QED) is 0.627. The van der Waals surface area contributed by atoms with Crippen LogP contribution in [0.25, 0.3) is 0 Å². The topological polar surface area (TPSA) is 27.1 Å². The van der Waals surface area contributed by atoms with Crippen LogP contribution in [0.3, 0.4) is 0 Å². The average molecular weight is 140 g/mol.